The van der Waals surface area contributed by atoms with Crippen LogP contribution in [0.25, 0.3) is 10.9 Å². The van der Waals surface area contributed by atoms with E-state index in [2.05, 4.69) is 6.58 Å². The lowest BCUT2D eigenvalue weighted by Crippen LogP contribution is -2.37. The minimum atomic E-state index is -0.430. The number of fused-ring (bicyclic) bond motifs is 2. The number of para-hydroxylation sites is 1. The average Bonchev–Trinajstić information content (AvgIpc) is 2.80. The standard InChI is InChI=1S/C25H24N2O4/c1-4-13-31-25(29)23-18-14-16(2)9-10-20(18)26-21-11-12-27(15-19(21)23)24(28)17-7-5-6-8-22(17)30-3/h4-10,14H,1,11-13,15H2,2-3H3. The fourth-order valence-corrected chi connectivity index (χ4v) is 3.96. The first-order valence-electron chi connectivity index (χ1n) is 10.2. The summed E-state index contributed by atoms with van der Waals surface area (Å²) in [7, 11) is 1.55. The van der Waals surface area contributed by atoms with Crippen LogP contribution in [0.2, 0.25) is 0 Å². The van der Waals surface area contributed by atoms with E-state index in [4.69, 9.17) is 14.5 Å². The molecule has 6 heteroatoms. The van der Waals surface area contributed by atoms with E-state index in [1.54, 1.807) is 24.1 Å². The van der Waals surface area contributed by atoms with Crippen LogP contribution in [0, 0.1) is 6.92 Å². The number of carbonyl (C=O) groups excluding carboxylic acids is 2. The van der Waals surface area contributed by atoms with Gasteiger partial charge in [-0.1, -0.05) is 36.4 Å². The van der Waals surface area contributed by atoms with E-state index in [-0.39, 0.29) is 19.1 Å². The summed E-state index contributed by atoms with van der Waals surface area (Å²) in [5, 5.41) is 0.736. The zero-order chi connectivity index (χ0) is 22.0. The Morgan fingerprint density at radius 1 is 1.23 bits per heavy atom. The molecule has 2 aromatic carbocycles. The van der Waals surface area contributed by atoms with Crippen molar-refractivity contribution in [3.8, 4) is 5.75 Å². The summed E-state index contributed by atoms with van der Waals surface area (Å²) in [5.41, 5.74) is 4.30. The first kappa shape index (κ1) is 20.6. The van der Waals surface area contributed by atoms with E-state index >= 15 is 0 Å². The van der Waals surface area contributed by atoms with E-state index in [0.29, 0.717) is 29.8 Å². The van der Waals surface area contributed by atoms with E-state index in [0.717, 1.165) is 27.7 Å². The van der Waals surface area contributed by atoms with Crippen molar-refractivity contribution in [3.63, 3.8) is 0 Å². The molecule has 0 spiro atoms. The number of benzene rings is 2. The minimum absolute atomic E-state index is 0.118. The molecule has 0 atom stereocenters. The molecule has 0 fully saturated rings. The number of aryl methyl sites for hydroxylation is 1. The number of amides is 1. The summed E-state index contributed by atoms with van der Waals surface area (Å²) in [6.07, 6.45) is 2.10. The molecule has 0 bridgehead atoms. The number of pyridine rings is 1. The Morgan fingerprint density at radius 3 is 2.81 bits per heavy atom. The maximum atomic E-state index is 13.3. The fourth-order valence-electron chi connectivity index (χ4n) is 3.96. The lowest BCUT2D eigenvalue weighted by Gasteiger charge is -2.30. The topological polar surface area (TPSA) is 68.7 Å². The summed E-state index contributed by atoms with van der Waals surface area (Å²) < 4.78 is 10.8. The molecule has 0 saturated carbocycles. The second-order valence-corrected chi connectivity index (χ2v) is 7.50. The van der Waals surface area contributed by atoms with Gasteiger partial charge in [-0.2, -0.15) is 0 Å². The van der Waals surface area contributed by atoms with Gasteiger partial charge in [-0.05, 0) is 31.2 Å². The van der Waals surface area contributed by atoms with Gasteiger partial charge in [0.1, 0.15) is 12.4 Å². The van der Waals surface area contributed by atoms with Gasteiger partial charge in [-0.3, -0.25) is 9.78 Å². The lowest BCUT2D eigenvalue weighted by molar-refractivity contribution is 0.0544. The highest BCUT2D eigenvalue weighted by molar-refractivity contribution is 6.05. The van der Waals surface area contributed by atoms with Gasteiger partial charge in [0.05, 0.1) is 23.8 Å². The van der Waals surface area contributed by atoms with Crippen molar-refractivity contribution in [1.82, 2.24) is 9.88 Å². The maximum Gasteiger partial charge on any atom is 0.339 e. The molecule has 0 N–H and O–H groups in total. The number of aromatic nitrogens is 1. The highest BCUT2D eigenvalue weighted by Gasteiger charge is 2.30. The van der Waals surface area contributed by atoms with E-state index in [1.165, 1.54) is 6.08 Å². The maximum absolute atomic E-state index is 13.3. The second kappa shape index (κ2) is 8.60. The Kier molecular flexibility index (Phi) is 5.71. The third-order valence-corrected chi connectivity index (χ3v) is 5.46. The fraction of sp³-hybridized carbons (Fsp3) is 0.240. The number of ether oxygens (including phenoxy) is 2. The van der Waals surface area contributed by atoms with Gasteiger partial charge in [-0.15, -0.1) is 0 Å². The molecule has 1 aliphatic rings. The minimum Gasteiger partial charge on any atom is -0.496 e. The molecule has 0 unspecified atom stereocenters. The normalized spacial score (nSPS) is 12.9. The molecule has 3 aromatic rings. The number of methoxy groups -OCH3 is 1. The first-order valence-corrected chi connectivity index (χ1v) is 10.2. The highest BCUT2D eigenvalue weighted by atomic mass is 16.5. The largest absolute Gasteiger partial charge is 0.496 e. The molecule has 2 heterocycles. The monoisotopic (exact) mass is 416 g/mol. The van der Waals surface area contributed by atoms with Gasteiger partial charge >= 0.3 is 5.97 Å². The van der Waals surface area contributed by atoms with E-state index < -0.39 is 5.97 Å². The third-order valence-electron chi connectivity index (χ3n) is 5.46. The van der Waals surface area contributed by atoms with Crippen LogP contribution in [0.15, 0.2) is 55.1 Å². The van der Waals surface area contributed by atoms with Crippen molar-refractivity contribution < 1.29 is 19.1 Å². The first-order chi connectivity index (χ1) is 15.0. The Labute approximate surface area is 181 Å². The molecule has 0 aliphatic carbocycles. The summed E-state index contributed by atoms with van der Waals surface area (Å²) in [6.45, 7) is 6.50. The Hall–Kier alpha value is -3.67. The molecule has 1 amide bonds. The zero-order valence-electron chi connectivity index (χ0n) is 17.7. The number of hydrogen-bond donors (Lipinski definition) is 0. The number of carbonyl (C=O) groups is 2. The van der Waals surface area contributed by atoms with Gasteiger partial charge in [0.15, 0.2) is 0 Å². The van der Waals surface area contributed by atoms with Crippen molar-refractivity contribution in [2.45, 2.75) is 19.9 Å². The van der Waals surface area contributed by atoms with Crippen LogP contribution in [-0.2, 0) is 17.7 Å². The van der Waals surface area contributed by atoms with Gasteiger partial charge in [0.25, 0.3) is 5.91 Å². The van der Waals surface area contributed by atoms with Crippen LogP contribution >= 0.6 is 0 Å². The van der Waals surface area contributed by atoms with Crippen LogP contribution in [0.1, 0.15) is 37.5 Å². The van der Waals surface area contributed by atoms with E-state index in [1.807, 2.05) is 37.3 Å². The summed E-state index contributed by atoms with van der Waals surface area (Å²) in [4.78, 5) is 32.8. The molecule has 0 radical (unpaired) electrons. The Balaban J connectivity index is 1.79. The van der Waals surface area contributed by atoms with Gasteiger partial charge in [-0.25, -0.2) is 4.79 Å². The van der Waals surface area contributed by atoms with Crippen molar-refractivity contribution in [1.29, 1.82) is 0 Å². The van der Waals surface area contributed by atoms with E-state index in [9.17, 15) is 9.59 Å². The van der Waals surface area contributed by atoms with Crippen molar-refractivity contribution in [3.05, 3.63) is 83.1 Å². The highest BCUT2D eigenvalue weighted by Crippen LogP contribution is 2.31. The predicted octanol–water partition coefficient (Wildman–Crippen LogP) is 4.09. The molecule has 1 aliphatic heterocycles. The van der Waals surface area contributed by atoms with Gasteiger partial charge in [0, 0.05) is 36.2 Å². The molecule has 31 heavy (non-hydrogen) atoms. The van der Waals surface area contributed by atoms with Gasteiger partial charge in [0.2, 0.25) is 0 Å². The predicted molar refractivity (Wildman–Crippen MR) is 118 cm³/mol. The number of rotatable bonds is 5. The lowest BCUT2D eigenvalue weighted by atomic mass is 9.94. The van der Waals surface area contributed by atoms with Crippen molar-refractivity contribution >= 4 is 22.8 Å². The van der Waals surface area contributed by atoms with Crippen LogP contribution in [0.5, 0.6) is 5.75 Å². The number of hydrogen-bond acceptors (Lipinski definition) is 5. The van der Waals surface area contributed by atoms with Crippen LogP contribution in [0.4, 0.5) is 0 Å². The summed E-state index contributed by atoms with van der Waals surface area (Å²) in [5.74, 6) is -0.0465. The number of nitrogens with zero attached hydrogens (tertiary/aromatic N) is 2. The molecule has 4 rings (SSSR count). The summed E-state index contributed by atoms with van der Waals surface area (Å²) in [6, 6.07) is 13.0. The van der Waals surface area contributed by atoms with Crippen molar-refractivity contribution in [2.75, 3.05) is 20.3 Å². The molecule has 6 nitrogen and oxygen atoms in total. The quantitative estimate of drug-likeness (QED) is 0.463. The molecular formula is C25H24N2O4. The molecule has 158 valence electrons. The molecule has 1 aromatic heterocycles. The molecular weight excluding hydrogens is 392 g/mol. The second-order valence-electron chi connectivity index (χ2n) is 7.50. The summed E-state index contributed by atoms with van der Waals surface area (Å²) >= 11 is 0. The number of esters is 1. The average molecular weight is 416 g/mol. The van der Waals surface area contributed by atoms with Crippen LogP contribution in [0.3, 0.4) is 0 Å². The van der Waals surface area contributed by atoms with Crippen LogP contribution in [-0.4, -0.2) is 42.0 Å². The Bertz CT molecular complexity index is 1190. The smallest absolute Gasteiger partial charge is 0.339 e. The van der Waals surface area contributed by atoms with Crippen molar-refractivity contribution in [2.24, 2.45) is 0 Å². The molecule has 0 saturated heterocycles. The third kappa shape index (κ3) is 3.89. The Morgan fingerprint density at radius 2 is 2.03 bits per heavy atom. The van der Waals surface area contributed by atoms with Gasteiger partial charge < -0.3 is 14.4 Å². The SMILES string of the molecule is C=CCOC(=O)c1c2c(nc3ccc(C)cc13)CCN(C(=O)c1ccccc1OC)C2. The zero-order valence-corrected chi connectivity index (χ0v) is 17.7. The van der Waals surface area contributed by atoms with Crippen LogP contribution < -0.4 is 4.74 Å².